The number of carbonyl (C=O) groups is 3. The van der Waals surface area contributed by atoms with Crippen molar-refractivity contribution in [1.82, 2.24) is 4.90 Å². The molecule has 0 N–H and O–H groups in total. The van der Waals surface area contributed by atoms with E-state index in [1.807, 2.05) is 48.5 Å². The Labute approximate surface area is 177 Å². The second-order valence-corrected chi connectivity index (χ2v) is 8.10. The van der Waals surface area contributed by atoms with E-state index < -0.39 is 6.04 Å². The molecule has 1 aliphatic carbocycles. The third-order valence-corrected chi connectivity index (χ3v) is 6.06. The van der Waals surface area contributed by atoms with Gasteiger partial charge in [-0.25, -0.2) is 4.79 Å². The van der Waals surface area contributed by atoms with Crippen LogP contribution < -0.4 is 0 Å². The summed E-state index contributed by atoms with van der Waals surface area (Å²) >= 11 is 0. The monoisotopic (exact) mass is 405 g/mol. The van der Waals surface area contributed by atoms with Crippen molar-refractivity contribution in [2.24, 2.45) is 0 Å². The standard InChI is InChI=1S/C25H27NO4/c27-23(21-12-11-19-8-4-9-20(19)16-21)13-14-24(28)26-15-5-10-22(26)25(29)30-17-18-6-2-1-3-7-18/h1-3,6-7,11-12,16,22H,4-5,8-10,13-15,17H2. The second-order valence-electron chi connectivity index (χ2n) is 8.10. The molecule has 1 aliphatic heterocycles. The van der Waals surface area contributed by atoms with Crippen LogP contribution >= 0.6 is 0 Å². The van der Waals surface area contributed by atoms with Crippen LogP contribution in [0.3, 0.4) is 0 Å². The fraction of sp³-hybridized carbons (Fsp3) is 0.400. The molecule has 2 aliphatic rings. The van der Waals surface area contributed by atoms with Gasteiger partial charge in [0.1, 0.15) is 12.6 Å². The number of hydrogen-bond acceptors (Lipinski definition) is 4. The molecule has 1 fully saturated rings. The zero-order valence-electron chi connectivity index (χ0n) is 17.1. The van der Waals surface area contributed by atoms with E-state index in [9.17, 15) is 14.4 Å². The number of esters is 1. The summed E-state index contributed by atoms with van der Waals surface area (Å²) in [5.41, 5.74) is 4.19. The van der Waals surface area contributed by atoms with E-state index in [0.717, 1.165) is 31.2 Å². The van der Waals surface area contributed by atoms with Crippen molar-refractivity contribution in [3.8, 4) is 0 Å². The molecule has 1 saturated heterocycles. The SMILES string of the molecule is O=C(CCC(=O)N1CCCC1C(=O)OCc1ccccc1)c1ccc2c(c1)CCC2. The highest BCUT2D eigenvalue weighted by Crippen LogP contribution is 2.24. The zero-order chi connectivity index (χ0) is 20.9. The lowest BCUT2D eigenvalue weighted by atomic mass is 10.0. The van der Waals surface area contributed by atoms with Gasteiger partial charge in [-0.1, -0.05) is 42.5 Å². The molecule has 5 nitrogen and oxygen atoms in total. The second kappa shape index (κ2) is 9.24. The number of hydrogen-bond donors (Lipinski definition) is 0. The number of amides is 1. The first-order chi connectivity index (χ1) is 14.6. The minimum absolute atomic E-state index is 0.0135. The van der Waals surface area contributed by atoms with Gasteiger partial charge in [0.25, 0.3) is 0 Å². The van der Waals surface area contributed by atoms with E-state index in [2.05, 4.69) is 0 Å². The van der Waals surface area contributed by atoms with Crippen LogP contribution in [0.1, 0.15) is 59.2 Å². The third-order valence-electron chi connectivity index (χ3n) is 6.06. The van der Waals surface area contributed by atoms with Gasteiger partial charge in [0.2, 0.25) is 5.91 Å². The third kappa shape index (κ3) is 4.61. The number of Topliss-reactive ketones (excluding diaryl/α,β-unsaturated/α-hetero) is 1. The summed E-state index contributed by atoms with van der Waals surface area (Å²) in [7, 11) is 0. The van der Waals surface area contributed by atoms with Crippen molar-refractivity contribution in [2.45, 2.75) is 57.6 Å². The van der Waals surface area contributed by atoms with Gasteiger partial charge in [0, 0.05) is 24.9 Å². The molecule has 0 bridgehead atoms. The summed E-state index contributed by atoms with van der Waals surface area (Å²) in [5, 5.41) is 0. The van der Waals surface area contributed by atoms with Gasteiger partial charge in [-0.3, -0.25) is 9.59 Å². The molecule has 5 heteroatoms. The van der Waals surface area contributed by atoms with Crippen molar-refractivity contribution in [3.05, 3.63) is 70.8 Å². The predicted octanol–water partition coefficient (Wildman–Crippen LogP) is 3.87. The summed E-state index contributed by atoms with van der Waals surface area (Å²) in [5.74, 6) is -0.529. The number of aryl methyl sites for hydroxylation is 2. The summed E-state index contributed by atoms with van der Waals surface area (Å²) < 4.78 is 5.43. The minimum atomic E-state index is -0.545. The van der Waals surface area contributed by atoms with Crippen molar-refractivity contribution in [1.29, 1.82) is 0 Å². The Bertz CT molecular complexity index is 937. The fourth-order valence-corrected chi connectivity index (χ4v) is 4.39. The molecular weight excluding hydrogens is 378 g/mol. The molecule has 0 aromatic heterocycles. The van der Waals surface area contributed by atoms with Crippen LogP contribution in [0.25, 0.3) is 0 Å². The van der Waals surface area contributed by atoms with Gasteiger partial charge in [0.15, 0.2) is 5.78 Å². The molecule has 30 heavy (non-hydrogen) atoms. The average molecular weight is 405 g/mol. The lowest BCUT2D eigenvalue weighted by Gasteiger charge is -2.23. The topological polar surface area (TPSA) is 63.7 Å². The maximum Gasteiger partial charge on any atom is 0.329 e. The van der Waals surface area contributed by atoms with Gasteiger partial charge in [-0.2, -0.15) is 0 Å². The lowest BCUT2D eigenvalue weighted by molar-refractivity contribution is -0.154. The van der Waals surface area contributed by atoms with Gasteiger partial charge >= 0.3 is 5.97 Å². The van der Waals surface area contributed by atoms with Crippen molar-refractivity contribution >= 4 is 17.7 Å². The number of rotatable bonds is 7. The quantitative estimate of drug-likeness (QED) is 0.518. The molecule has 0 spiro atoms. The van der Waals surface area contributed by atoms with Gasteiger partial charge in [0.05, 0.1) is 0 Å². The van der Waals surface area contributed by atoms with Crippen LogP contribution in [0.2, 0.25) is 0 Å². The number of benzene rings is 2. The number of nitrogens with zero attached hydrogens (tertiary/aromatic N) is 1. The Morgan fingerprint density at radius 1 is 0.933 bits per heavy atom. The van der Waals surface area contributed by atoms with Crippen molar-refractivity contribution in [3.63, 3.8) is 0 Å². The molecule has 2 aromatic rings. The van der Waals surface area contributed by atoms with Crippen LogP contribution in [0.5, 0.6) is 0 Å². The van der Waals surface area contributed by atoms with Gasteiger partial charge in [-0.05, 0) is 54.9 Å². The highest BCUT2D eigenvalue weighted by atomic mass is 16.5. The maximum absolute atomic E-state index is 12.7. The molecule has 1 heterocycles. The molecule has 0 saturated carbocycles. The van der Waals surface area contributed by atoms with Crippen LogP contribution in [0, 0.1) is 0 Å². The Morgan fingerprint density at radius 3 is 2.57 bits per heavy atom. The smallest absolute Gasteiger partial charge is 0.329 e. The zero-order valence-corrected chi connectivity index (χ0v) is 17.1. The molecule has 1 unspecified atom stereocenters. The van der Waals surface area contributed by atoms with E-state index in [-0.39, 0.29) is 37.1 Å². The normalized spacial score (nSPS) is 17.6. The first-order valence-electron chi connectivity index (χ1n) is 10.8. The lowest BCUT2D eigenvalue weighted by Crippen LogP contribution is -2.41. The van der Waals surface area contributed by atoms with E-state index >= 15 is 0 Å². The summed E-state index contributed by atoms with van der Waals surface area (Å²) in [6.07, 6.45) is 4.92. The van der Waals surface area contributed by atoms with Crippen molar-refractivity contribution in [2.75, 3.05) is 6.54 Å². The van der Waals surface area contributed by atoms with Gasteiger partial charge < -0.3 is 9.64 Å². The van der Waals surface area contributed by atoms with Gasteiger partial charge in [-0.15, -0.1) is 0 Å². The Hall–Kier alpha value is -2.95. The average Bonchev–Trinajstić information content (AvgIpc) is 3.45. The summed E-state index contributed by atoms with van der Waals surface area (Å²) in [6, 6.07) is 14.8. The molecule has 1 atom stereocenters. The molecule has 156 valence electrons. The fourth-order valence-electron chi connectivity index (χ4n) is 4.39. The molecular formula is C25H27NO4. The van der Waals surface area contributed by atoms with Crippen LogP contribution in [0.4, 0.5) is 0 Å². The first kappa shape index (κ1) is 20.3. The number of ether oxygens (including phenoxy) is 1. The molecule has 1 amide bonds. The van der Waals surface area contributed by atoms with E-state index in [4.69, 9.17) is 4.74 Å². The van der Waals surface area contributed by atoms with Crippen LogP contribution in [0.15, 0.2) is 48.5 Å². The summed E-state index contributed by atoms with van der Waals surface area (Å²) in [4.78, 5) is 39.4. The largest absolute Gasteiger partial charge is 0.459 e. The number of likely N-dealkylation sites (tertiary alicyclic amines) is 1. The Morgan fingerprint density at radius 2 is 1.73 bits per heavy atom. The van der Waals surface area contributed by atoms with E-state index in [1.54, 1.807) is 4.90 Å². The number of carbonyl (C=O) groups excluding carboxylic acids is 3. The number of fused-ring (bicyclic) bond motifs is 1. The Kier molecular flexibility index (Phi) is 6.26. The highest BCUT2D eigenvalue weighted by Gasteiger charge is 2.35. The van der Waals surface area contributed by atoms with E-state index in [1.165, 1.54) is 11.1 Å². The molecule has 4 rings (SSSR count). The van der Waals surface area contributed by atoms with Crippen LogP contribution in [-0.4, -0.2) is 35.1 Å². The van der Waals surface area contributed by atoms with Crippen molar-refractivity contribution < 1.29 is 19.1 Å². The molecule has 0 radical (unpaired) electrons. The predicted molar refractivity (Wildman–Crippen MR) is 113 cm³/mol. The summed E-state index contributed by atoms with van der Waals surface area (Å²) in [6.45, 7) is 0.742. The minimum Gasteiger partial charge on any atom is -0.459 e. The first-order valence-corrected chi connectivity index (χ1v) is 10.8. The van der Waals surface area contributed by atoms with E-state index in [0.29, 0.717) is 18.5 Å². The Balaban J connectivity index is 1.30. The van der Waals surface area contributed by atoms with Crippen LogP contribution in [-0.2, 0) is 33.8 Å². The molecule has 2 aromatic carbocycles. The maximum atomic E-state index is 12.7. The highest BCUT2D eigenvalue weighted by molar-refractivity contribution is 5.98. The number of ketones is 1.